The molecule has 4 heteroatoms. The van der Waals surface area contributed by atoms with E-state index in [0.29, 0.717) is 0 Å². The highest BCUT2D eigenvalue weighted by molar-refractivity contribution is 6.06. The van der Waals surface area contributed by atoms with E-state index in [4.69, 9.17) is 0 Å². The summed E-state index contributed by atoms with van der Waals surface area (Å²) in [5.41, 5.74) is 2.98. The normalized spacial score (nSPS) is 17.2. The van der Waals surface area contributed by atoms with Crippen molar-refractivity contribution in [1.82, 2.24) is 5.32 Å². The van der Waals surface area contributed by atoms with Crippen molar-refractivity contribution in [1.29, 1.82) is 0 Å². The first-order valence-electron chi connectivity index (χ1n) is 7.24. The molecule has 1 atom stereocenters. The number of benzene rings is 1. The standard InChI is InChI=1S/C16H22N2O2/c1-4-5-6-10-18-15-11(2)8-7-9-13(15)14(16(18)20)17-12(3)19/h7-9,14H,4-6,10H2,1-3H3,(H,17,19)/t14-/m1/s1. The van der Waals surface area contributed by atoms with E-state index < -0.39 is 6.04 Å². The number of nitrogens with zero attached hydrogens (tertiary/aromatic N) is 1. The van der Waals surface area contributed by atoms with Crippen LogP contribution in [0.3, 0.4) is 0 Å². The zero-order valence-corrected chi connectivity index (χ0v) is 12.4. The largest absolute Gasteiger partial charge is 0.341 e. The molecule has 1 heterocycles. The molecular weight excluding hydrogens is 252 g/mol. The Bertz CT molecular complexity index is 525. The molecule has 0 aliphatic carbocycles. The first kappa shape index (κ1) is 14.6. The Balaban J connectivity index is 2.31. The number of rotatable bonds is 5. The van der Waals surface area contributed by atoms with Crippen LogP contribution in [0.15, 0.2) is 18.2 Å². The second-order valence-corrected chi connectivity index (χ2v) is 5.34. The van der Waals surface area contributed by atoms with Gasteiger partial charge in [0.2, 0.25) is 5.91 Å². The number of hydrogen-bond acceptors (Lipinski definition) is 2. The Kier molecular flexibility index (Phi) is 4.42. The average molecular weight is 274 g/mol. The highest BCUT2D eigenvalue weighted by atomic mass is 16.2. The van der Waals surface area contributed by atoms with Crippen molar-refractivity contribution in [3.8, 4) is 0 Å². The topological polar surface area (TPSA) is 49.4 Å². The predicted molar refractivity (Wildman–Crippen MR) is 79.6 cm³/mol. The van der Waals surface area contributed by atoms with Gasteiger partial charge in [-0.3, -0.25) is 9.59 Å². The lowest BCUT2D eigenvalue weighted by atomic mass is 10.1. The van der Waals surface area contributed by atoms with Crippen molar-refractivity contribution in [3.05, 3.63) is 29.3 Å². The number of nitrogens with one attached hydrogen (secondary N) is 1. The number of anilines is 1. The molecule has 0 aromatic heterocycles. The van der Waals surface area contributed by atoms with Crippen molar-refractivity contribution in [2.75, 3.05) is 11.4 Å². The van der Waals surface area contributed by atoms with E-state index in [-0.39, 0.29) is 11.8 Å². The Morgan fingerprint density at radius 2 is 2.10 bits per heavy atom. The van der Waals surface area contributed by atoms with Gasteiger partial charge in [-0.1, -0.05) is 38.0 Å². The highest BCUT2D eigenvalue weighted by Crippen LogP contribution is 2.38. The molecular formula is C16H22N2O2. The second-order valence-electron chi connectivity index (χ2n) is 5.34. The maximum absolute atomic E-state index is 12.6. The van der Waals surface area contributed by atoms with Crippen LogP contribution in [-0.2, 0) is 9.59 Å². The predicted octanol–water partition coefficient (Wildman–Crippen LogP) is 2.71. The van der Waals surface area contributed by atoms with Crippen LogP contribution in [0.4, 0.5) is 5.69 Å². The molecule has 20 heavy (non-hydrogen) atoms. The highest BCUT2D eigenvalue weighted by Gasteiger charge is 2.38. The Hall–Kier alpha value is -1.84. The summed E-state index contributed by atoms with van der Waals surface area (Å²) in [6, 6.07) is 5.35. The first-order valence-corrected chi connectivity index (χ1v) is 7.24. The van der Waals surface area contributed by atoms with E-state index in [2.05, 4.69) is 12.2 Å². The SMILES string of the molecule is CCCCCN1C(=O)[C@H](NC(C)=O)c2cccc(C)c21. The molecule has 2 rings (SSSR count). The van der Waals surface area contributed by atoms with Crippen LogP contribution in [0.2, 0.25) is 0 Å². The van der Waals surface area contributed by atoms with E-state index in [0.717, 1.165) is 42.6 Å². The third-order valence-electron chi connectivity index (χ3n) is 3.70. The fourth-order valence-electron chi connectivity index (χ4n) is 2.77. The number of unbranched alkanes of at least 4 members (excludes halogenated alkanes) is 2. The van der Waals surface area contributed by atoms with Crippen LogP contribution in [0.5, 0.6) is 0 Å². The van der Waals surface area contributed by atoms with Gasteiger partial charge in [0.05, 0.1) is 5.69 Å². The van der Waals surface area contributed by atoms with Crippen LogP contribution >= 0.6 is 0 Å². The molecule has 0 fully saturated rings. The molecule has 0 saturated heterocycles. The summed E-state index contributed by atoms with van der Waals surface area (Å²) in [6.45, 7) is 6.32. The van der Waals surface area contributed by atoms with E-state index in [1.807, 2.05) is 30.0 Å². The maximum Gasteiger partial charge on any atom is 0.254 e. The molecule has 4 nitrogen and oxygen atoms in total. The number of fused-ring (bicyclic) bond motifs is 1. The Labute approximate surface area is 120 Å². The molecule has 0 spiro atoms. The molecule has 1 aliphatic rings. The number of carbonyl (C=O) groups excluding carboxylic acids is 2. The van der Waals surface area contributed by atoms with E-state index >= 15 is 0 Å². The summed E-state index contributed by atoms with van der Waals surface area (Å²) in [5, 5.41) is 2.77. The summed E-state index contributed by atoms with van der Waals surface area (Å²) in [5.74, 6) is -0.188. The molecule has 1 aromatic carbocycles. The lowest BCUT2D eigenvalue weighted by Crippen LogP contribution is -2.37. The molecule has 0 bridgehead atoms. The number of amides is 2. The van der Waals surface area contributed by atoms with Gasteiger partial charge in [-0.2, -0.15) is 0 Å². The number of carbonyl (C=O) groups is 2. The summed E-state index contributed by atoms with van der Waals surface area (Å²) in [7, 11) is 0. The summed E-state index contributed by atoms with van der Waals surface area (Å²) >= 11 is 0. The van der Waals surface area contributed by atoms with Crippen molar-refractivity contribution < 1.29 is 9.59 Å². The third-order valence-corrected chi connectivity index (χ3v) is 3.70. The number of para-hydroxylation sites is 1. The lowest BCUT2D eigenvalue weighted by Gasteiger charge is -2.19. The molecule has 1 aromatic rings. The Morgan fingerprint density at radius 3 is 2.75 bits per heavy atom. The zero-order chi connectivity index (χ0) is 14.7. The monoisotopic (exact) mass is 274 g/mol. The molecule has 0 radical (unpaired) electrons. The number of aryl methyl sites for hydroxylation is 1. The van der Waals surface area contributed by atoms with Gasteiger partial charge in [0.25, 0.3) is 5.91 Å². The summed E-state index contributed by atoms with van der Waals surface area (Å²) in [6.07, 6.45) is 3.22. The lowest BCUT2D eigenvalue weighted by molar-refractivity contribution is -0.126. The minimum Gasteiger partial charge on any atom is -0.341 e. The maximum atomic E-state index is 12.6. The van der Waals surface area contributed by atoms with Gasteiger partial charge in [-0.05, 0) is 18.9 Å². The van der Waals surface area contributed by atoms with Crippen LogP contribution in [0, 0.1) is 6.92 Å². The first-order chi connectivity index (χ1) is 9.56. The van der Waals surface area contributed by atoms with Crippen LogP contribution < -0.4 is 10.2 Å². The molecule has 0 unspecified atom stereocenters. The van der Waals surface area contributed by atoms with E-state index in [9.17, 15) is 9.59 Å². The van der Waals surface area contributed by atoms with Gasteiger partial charge in [-0.15, -0.1) is 0 Å². The second kappa shape index (κ2) is 6.07. The fourth-order valence-corrected chi connectivity index (χ4v) is 2.77. The van der Waals surface area contributed by atoms with Crippen molar-refractivity contribution >= 4 is 17.5 Å². The minimum atomic E-state index is -0.524. The molecule has 1 aliphatic heterocycles. The fraction of sp³-hybridized carbons (Fsp3) is 0.500. The van der Waals surface area contributed by atoms with Crippen molar-refractivity contribution in [2.45, 2.75) is 46.1 Å². The summed E-state index contributed by atoms with van der Waals surface area (Å²) < 4.78 is 0. The van der Waals surface area contributed by atoms with Gasteiger partial charge in [0.1, 0.15) is 6.04 Å². The quantitative estimate of drug-likeness (QED) is 0.839. The van der Waals surface area contributed by atoms with E-state index in [1.165, 1.54) is 6.92 Å². The van der Waals surface area contributed by atoms with Crippen LogP contribution in [0.1, 0.15) is 50.3 Å². The smallest absolute Gasteiger partial charge is 0.254 e. The van der Waals surface area contributed by atoms with Crippen LogP contribution in [0.25, 0.3) is 0 Å². The third kappa shape index (κ3) is 2.69. The minimum absolute atomic E-state index is 0.0133. The van der Waals surface area contributed by atoms with Gasteiger partial charge in [0, 0.05) is 19.0 Å². The van der Waals surface area contributed by atoms with Crippen molar-refractivity contribution in [3.63, 3.8) is 0 Å². The van der Waals surface area contributed by atoms with Gasteiger partial charge in [0.15, 0.2) is 0 Å². The van der Waals surface area contributed by atoms with Gasteiger partial charge >= 0.3 is 0 Å². The number of hydrogen-bond donors (Lipinski definition) is 1. The molecule has 1 N–H and O–H groups in total. The zero-order valence-electron chi connectivity index (χ0n) is 12.4. The van der Waals surface area contributed by atoms with Crippen LogP contribution in [-0.4, -0.2) is 18.4 Å². The van der Waals surface area contributed by atoms with Gasteiger partial charge < -0.3 is 10.2 Å². The van der Waals surface area contributed by atoms with Crippen molar-refractivity contribution in [2.24, 2.45) is 0 Å². The molecule has 108 valence electrons. The van der Waals surface area contributed by atoms with E-state index in [1.54, 1.807) is 0 Å². The Morgan fingerprint density at radius 1 is 1.35 bits per heavy atom. The average Bonchev–Trinajstić information content (AvgIpc) is 2.65. The molecule has 0 saturated carbocycles. The van der Waals surface area contributed by atoms with Gasteiger partial charge in [-0.25, -0.2) is 0 Å². The summed E-state index contributed by atoms with van der Waals surface area (Å²) in [4.78, 5) is 25.7. The molecule has 2 amide bonds.